The molecule has 75 heavy (non-hydrogen) atoms. The maximum Gasteiger partial charge on any atom is 0.326 e. The van der Waals surface area contributed by atoms with Crippen molar-refractivity contribution in [1.82, 2.24) is 57.0 Å². The zero-order valence-corrected chi connectivity index (χ0v) is 43.2. The standard InChI is InChI=1S/C50H76N14O11/c1-28(2)22-34(58-41(66)32-14-8-18-54-32)43(68)59-35(24-31-25-53-27-56-31)44(69)61-37(26-65)45(70)57-33(15-9-19-55-50(51)52)42(67)62-40(29(3)4)48(73)63-20-10-16-38(63)46(71)60-36(23-30-12-6-5-7-13-30)47(72)64-21-11-17-39(64)49(74)75/h5-7,12-13,25,27-29,32-40,54,65H,8-11,14-24,26H2,1-4H3,(H,53,56)(H,57,70)(H,58,66)(H,59,68)(H,60,71)(H,61,69)(H,62,67)(H,74,75)(H4,51,52,55)/t32-,33-,34-,35-,36-,37-,38-,39-,40-/m0/s1. The van der Waals surface area contributed by atoms with E-state index in [0.717, 1.165) is 12.0 Å². The number of aromatic amines is 1. The molecule has 14 N–H and O–H groups in total. The number of carboxylic acids is 1. The summed E-state index contributed by atoms with van der Waals surface area (Å²) in [4.78, 5) is 137. The molecule has 0 unspecified atom stereocenters. The summed E-state index contributed by atoms with van der Waals surface area (Å²) in [6.45, 7) is 7.26. The van der Waals surface area contributed by atoms with Crippen LogP contribution in [0.1, 0.15) is 96.7 Å². The fraction of sp³-hybridized carbons (Fsp3) is 0.620. The van der Waals surface area contributed by atoms with Crippen LogP contribution in [0.15, 0.2) is 47.8 Å². The Hall–Kier alpha value is -7.15. The number of carbonyl (C=O) groups is 9. The molecule has 5 rings (SSSR count). The van der Waals surface area contributed by atoms with Crippen molar-refractivity contribution in [3.05, 3.63) is 54.1 Å². The Bertz CT molecular complexity index is 2310. The Kier molecular flexibility index (Phi) is 22.3. The summed E-state index contributed by atoms with van der Waals surface area (Å²) < 4.78 is 0. The minimum Gasteiger partial charge on any atom is -0.480 e. The molecule has 9 atom stereocenters. The monoisotopic (exact) mass is 1050 g/mol. The fourth-order valence-corrected chi connectivity index (χ4v) is 9.55. The Morgan fingerprint density at radius 2 is 1.33 bits per heavy atom. The molecule has 3 saturated heterocycles. The summed E-state index contributed by atoms with van der Waals surface area (Å²) in [5.41, 5.74) is 12.2. The minimum atomic E-state index is -1.66. The highest BCUT2D eigenvalue weighted by Gasteiger charge is 2.43. The van der Waals surface area contributed by atoms with Crippen molar-refractivity contribution in [3.8, 4) is 0 Å². The maximum absolute atomic E-state index is 14.5. The van der Waals surface area contributed by atoms with E-state index in [1.165, 1.54) is 22.3 Å². The van der Waals surface area contributed by atoms with E-state index < -0.39 is 114 Å². The third kappa shape index (κ3) is 17.2. The molecule has 25 nitrogen and oxygen atoms in total. The van der Waals surface area contributed by atoms with Gasteiger partial charge >= 0.3 is 5.97 Å². The molecule has 0 spiro atoms. The highest BCUT2D eigenvalue weighted by Crippen LogP contribution is 2.23. The van der Waals surface area contributed by atoms with Gasteiger partial charge in [-0.1, -0.05) is 58.0 Å². The van der Waals surface area contributed by atoms with E-state index in [0.29, 0.717) is 31.5 Å². The minimum absolute atomic E-state index is 0.0266. The molecule has 1 aromatic heterocycles. The topological polar surface area (TPSA) is 378 Å². The zero-order chi connectivity index (χ0) is 54.8. The van der Waals surface area contributed by atoms with Crippen LogP contribution in [0, 0.1) is 11.8 Å². The molecular weight excluding hydrogens is 973 g/mol. The molecule has 0 bridgehead atoms. The van der Waals surface area contributed by atoms with Gasteiger partial charge in [-0.15, -0.1) is 0 Å². The van der Waals surface area contributed by atoms with Crippen LogP contribution in [0.5, 0.6) is 0 Å². The number of imidazole rings is 1. The van der Waals surface area contributed by atoms with E-state index in [1.807, 2.05) is 13.8 Å². The Morgan fingerprint density at radius 3 is 1.93 bits per heavy atom. The summed E-state index contributed by atoms with van der Waals surface area (Å²) in [5.74, 6) is -7.39. The number of benzene rings is 1. The van der Waals surface area contributed by atoms with Gasteiger partial charge in [0.25, 0.3) is 0 Å². The average Bonchev–Trinajstić information content (AvgIpc) is 4.24. The highest BCUT2D eigenvalue weighted by atomic mass is 16.4. The predicted octanol–water partition coefficient (Wildman–Crippen LogP) is -2.33. The van der Waals surface area contributed by atoms with Gasteiger partial charge in [0.05, 0.1) is 19.0 Å². The van der Waals surface area contributed by atoms with Crippen molar-refractivity contribution in [3.63, 3.8) is 0 Å². The number of nitrogens with one attached hydrogen (secondary N) is 8. The van der Waals surface area contributed by atoms with Crippen LogP contribution >= 0.6 is 0 Å². The molecule has 0 saturated carbocycles. The van der Waals surface area contributed by atoms with Gasteiger partial charge in [-0.05, 0) is 81.7 Å². The molecule has 25 heteroatoms. The number of hydrogen-bond acceptors (Lipinski definition) is 13. The zero-order valence-electron chi connectivity index (χ0n) is 43.2. The lowest BCUT2D eigenvalue weighted by atomic mass is 10.0. The molecule has 1 aromatic carbocycles. The first-order valence-corrected chi connectivity index (χ1v) is 25.8. The Labute approximate surface area is 436 Å². The Morgan fingerprint density at radius 1 is 0.720 bits per heavy atom. The molecule has 412 valence electrons. The summed E-state index contributed by atoms with van der Waals surface area (Å²) >= 11 is 0. The van der Waals surface area contributed by atoms with Crippen LogP contribution in [-0.4, -0.2) is 176 Å². The van der Waals surface area contributed by atoms with Gasteiger partial charge in [-0.3, -0.25) is 43.3 Å². The molecule has 4 heterocycles. The number of amides is 8. The van der Waals surface area contributed by atoms with Gasteiger partial charge in [0.15, 0.2) is 5.96 Å². The van der Waals surface area contributed by atoms with Crippen molar-refractivity contribution in [1.29, 1.82) is 0 Å². The van der Waals surface area contributed by atoms with Gasteiger partial charge in [0.1, 0.15) is 48.3 Å². The first kappa shape index (κ1) is 58.7. The molecule has 0 radical (unpaired) electrons. The molecule has 3 aliphatic rings. The number of nitrogens with two attached hydrogens (primary N) is 2. The van der Waals surface area contributed by atoms with Gasteiger partial charge in [0.2, 0.25) is 47.3 Å². The van der Waals surface area contributed by atoms with Crippen molar-refractivity contribution >= 4 is 59.2 Å². The number of aliphatic hydroxyl groups is 1. The van der Waals surface area contributed by atoms with Crippen LogP contribution in [0.4, 0.5) is 0 Å². The van der Waals surface area contributed by atoms with Crippen molar-refractivity contribution in [2.45, 2.75) is 153 Å². The van der Waals surface area contributed by atoms with Gasteiger partial charge in [0, 0.05) is 44.4 Å². The van der Waals surface area contributed by atoms with E-state index in [1.54, 1.807) is 44.2 Å². The van der Waals surface area contributed by atoms with Crippen molar-refractivity contribution < 1.29 is 53.4 Å². The number of guanidine groups is 1. The lowest BCUT2D eigenvalue weighted by molar-refractivity contribution is -0.150. The lowest BCUT2D eigenvalue weighted by Crippen LogP contribution is -2.61. The summed E-state index contributed by atoms with van der Waals surface area (Å²) in [6, 6.07) is -1.38. The second-order valence-electron chi connectivity index (χ2n) is 20.1. The number of hydrogen-bond donors (Lipinski definition) is 12. The molecule has 2 aromatic rings. The van der Waals surface area contributed by atoms with Crippen LogP contribution < -0.4 is 48.7 Å². The van der Waals surface area contributed by atoms with Gasteiger partial charge in [-0.25, -0.2) is 9.78 Å². The molecule has 8 amide bonds. The number of aliphatic carboxylic acids is 1. The predicted molar refractivity (Wildman–Crippen MR) is 273 cm³/mol. The molecule has 3 aliphatic heterocycles. The van der Waals surface area contributed by atoms with Gasteiger partial charge in [-0.2, -0.15) is 0 Å². The smallest absolute Gasteiger partial charge is 0.326 e. The number of aliphatic hydroxyl groups excluding tert-OH is 1. The highest BCUT2D eigenvalue weighted by molar-refractivity contribution is 5.98. The molecule has 3 fully saturated rings. The second-order valence-corrected chi connectivity index (χ2v) is 20.1. The first-order valence-electron chi connectivity index (χ1n) is 25.8. The quantitative estimate of drug-likeness (QED) is 0.0254. The Balaban J connectivity index is 1.30. The van der Waals surface area contributed by atoms with E-state index in [-0.39, 0.29) is 82.4 Å². The van der Waals surface area contributed by atoms with Crippen molar-refractivity contribution in [2.75, 3.05) is 32.8 Å². The van der Waals surface area contributed by atoms with E-state index in [4.69, 9.17) is 11.5 Å². The SMILES string of the molecule is CC(C)C[C@H](NC(=O)[C@@H]1CCCN1)C(=O)N[C@@H](Cc1cnc[nH]1)C(=O)N[C@@H](CO)C(=O)N[C@@H](CCCN=C(N)N)C(=O)N[C@H](C(=O)N1CCC[C@H]1C(=O)N[C@@H](Cc1ccccc1)C(=O)N1CCC[C@H]1C(=O)O)C(C)C. The average molecular weight is 1050 g/mol. The first-order chi connectivity index (χ1) is 35.8. The maximum atomic E-state index is 14.5. The van der Waals surface area contributed by atoms with Crippen LogP contribution in [-0.2, 0) is 56.0 Å². The van der Waals surface area contributed by atoms with Crippen LogP contribution in [0.3, 0.4) is 0 Å². The molecular formula is C50H76N14O11. The number of likely N-dealkylation sites (tertiary alicyclic amines) is 2. The summed E-state index contributed by atoms with van der Waals surface area (Å²) in [7, 11) is 0. The van der Waals surface area contributed by atoms with E-state index in [9.17, 15) is 53.4 Å². The number of nitrogens with zero attached hydrogens (tertiary/aromatic N) is 4. The largest absolute Gasteiger partial charge is 0.480 e. The van der Waals surface area contributed by atoms with Crippen LogP contribution in [0.2, 0.25) is 0 Å². The summed E-state index contributed by atoms with van der Waals surface area (Å²) in [5, 5.41) is 39.6. The number of rotatable bonds is 27. The number of carbonyl (C=O) groups excluding carboxylic acids is 8. The number of carboxylic acid groups (broad SMARTS) is 1. The second kappa shape index (κ2) is 28.5. The number of H-pyrrole nitrogens is 1. The third-order valence-corrected chi connectivity index (χ3v) is 13.5. The van der Waals surface area contributed by atoms with Crippen LogP contribution in [0.25, 0.3) is 0 Å². The molecule has 0 aliphatic carbocycles. The van der Waals surface area contributed by atoms with E-state index in [2.05, 4.69) is 52.2 Å². The van der Waals surface area contributed by atoms with Gasteiger partial charge < -0.3 is 73.7 Å². The summed E-state index contributed by atoms with van der Waals surface area (Å²) in [6.07, 6.45) is 5.92. The third-order valence-electron chi connectivity index (χ3n) is 13.5. The fourth-order valence-electron chi connectivity index (χ4n) is 9.55. The van der Waals surface area contributed by atoms with Crippen molar-refractivity contribution in [2.24, 2.45) is 28.3 Å². The number of aromatic nitrogens is 2. The number of aliphatic imine (C=N–C) groups is 1. The lowest BCUT2D eigenvalue weighted by Gasteiger charge is -2.33. The normalized spacial score (nSPS) is 19.7. The van der Waals surface area contributed by atoms with E-state index >= 15 is 0 Å².